The topological polar surface area (TPSA) is 91.7 Å². The third-order valence-electron chi connectivity index (χ3n) is 2.86. The molecule has 0 amide bonds. The lowest BCUT2D eigenvalue weighted by Crippen LogP contribution is -2.11. The van der Waals surface area contributed by atoms with Crippen LogP contribution in [0.3, 0.4) is 0 Å². The molecule has 0 saturated carbocycles. The van der Waals surface area contributed by atoms with Crippen LogP contribution in [0.25, 0.3) is 11.5 Å². The van der Waals surface area contributed by atoms with E-state index in [9.17, 15) is 0 Å². The first-order valence-corrected chi connectivity index (χ1v) is 6.49. The van der Waals surface area contributed by atoms with Crippen LogP contribution in [-0.4, -0.2) is 31.8 Å². The van der Waals surface area contributed by atoms with Crippen molar-refractivity contribution in [3.63, 3.8) is 0 Å². The lowest BCUT2D eigenvalue weighted by Gasteiger charge is -2.07. The summed E-state index contributed by atoms with van der Waals surface area (Å²) < 4.78 is 7.30. The van der Waals surface area contributed by atoms with Gasteiger partial charge >= 0.3 is 0 Å². The van der Waals surface area contributed by atoms with Crippen LogP contribution in [0, 0.1) is 0 Å². The number of nitrogens with two attached hydrogens (primary N) is 1. The second-order valence-corrected chi connectivity index (χ2v) is 4.36. The molecule has 3 aromatic rings. The van der Waals surface area contributed by atoms with Crippen LogP contribution in [0.4, 0.5) is 5.69 Å². The second kappa shape index (κ2) is 6.00. The molecule has 0 atom stereocenters. The summed E-state index contributed by atoms with van der Waals surface area (Å²) >= 11 is 0. The molecule has 2 N–H and O–H groups in total. The zero-order valence-corrected chi connectivity index (χ0v) is 11.3. The molecule has 3 rings (SSSR count). The van der Waals surface area contributed by atoms with E-state index in [-0.39, 0.29) is 0 Å². The van der Waals surface area contributed by atoms with Crippen molar-refractivity contribution in [3.05, 3.63) is 48.7 Å². The molecule has 7 heteroatoms. The van der Waals surface area contributed by atoms with E-state index in [0.717, 1.165) is 11.4 Å². The fraction of sp³-hybridized carbons (Fsp3) is 0.143. The van der Waals surface area contributed by atoms with Crippen LogP contribution in [-0.2, 0) is 6.54 Å². The molecule has 7 nitrogen and oxygen atoms in total. The van der Waals surface area contributed by atoms with Gasteiger partial charge in [-0.25, -0.2) is 4.68 Å². The maximum absolute atomic E-state index is 5.70. The molecule has 0 aliphatic carbocycles. The van der Waals surface area contributed by atoms with Crippen molar-refractivity contribution in [1.82, 2.24) is 25.2 Å². The number of nitrogen functional groups attached to an aromatic ring is 1. The molecule has 2 aromatic heterocycles. The molecule has 0 bridgehead atoms. The van der Waals surface area contributed by atoms with E-state index in [1.807, 2.05) is 36.4 Å². The van der Waals surface area contributed by atoms with E-state index in [1.54, 1.807) is 16.9 Å². The van der Waals surface area contributed by atoms with E-state index < -0.39 is 0 Å². The zero-order valence-electron chi connectivity index (χ0n) is 11.3. The van der Waals surface area contributed by atoms with Crippen molar-refractivity contribution in [2.75, 3.05) is 12.3 Å². The molecule has 0 unspecified atom stereocenters. The van der Waals surface area contributed by atoms with Crippen molar-refractivity contribution in [3.8, 4) is 17.3 Å². The standard InChI is InChI=1S/C14H14N6O/c15-11-4-3-5-12(10-11)21-9-8-20-14(17-18-19-20)13-6-1-2-7-16-13/h1-7,10H,8-9,15H2. The van der Waals surface area contributed by atoms with Gasteiger partial charge < -0.3 is 10.5 Å². The maximum Gasteiger partial charge on any atom is 0.200 e. The van der Waals surface area contributed by atoms with Crippen LogP contribution in [0.2, 0.25) is 0 Å². The Bertz CT molecular complexity index is 712. The number of tetrazole rings is 1. The SMILES string of the molecule is Nc1cccc(OCCn2nnnc2-c2ccccn2)c1. The quantitative estimate of drug-likeness (QED) is 0.711. The third-order valence-corrected chi connectivity index (χ3v) is 2.86. The minimum Gasteiger partial charge on any atom is -0.492 e. The second-order valence-electron chi connectivity index (χ2n) is 4.36. The smallest absolute Gasteiger partial charge is 0.200 e. The van der Waals surface area contributed by atoms with Gasteiger partial charge in [0.05, 0.1) is 6.54 Å². The summed E-state index contributed by atoms with van der Waals surface area (Å²) in [7, 11) is 0. The van der Waals surface area contributed by atoms with Gasteiger partial charge in [0.1, 0.15) is 18.1 Å². The molecular formula is C14H14N6O. The van der Waals surface area contributed by atoms with E-state index in [4.69, 9.17) is 10.5 Å². The molecule has 2 heterocycles. The average Bonchev–Trinajstić information content (AvgIpc) is 2.97. The van der Waals surface area contributed by atoms with Crippen LogP contribution < -0.4 is 10.5 Å². The number of rotatable bonds is 5. The van der Waals surface area contributed by atoms with Gasteiger partial charge in [-0.2, -0.15) is 0 Å². The highest BCUT2D eigenvalue weighted by Crippen LogP contribution is 2.15. The maximum atomic E-state index is 5.70. The Kier molecular flexibility index (Phi) is 3.72. The first-order chi connectivity index (χ1) is 10.3. The lowest BCUT2D eigenvalue weighted by atomic mass is 10.3. The van der Waals surface area contributed by atoms with E-state index in [2.05, 4.69) is 20.5 Å². The number of pyridine rings is 1. The highest BCUT2D eigenvalue weighted by Gasteiger charge is 2.09. The normalized spacial score (nSPS) is 10.5. The average molecular weight is 282 g/mol. The minimum atomic E-state index is 0.439. The molecule has 0 fully saturated rings. The van der Waals surface area contributed by atoms with Crippen molar-refractivity contribution in [1.29, 1.82) is 0 Å². The molecule has 1 aromatic carbocycles. The summed E-state index contributed by atoms with van der Waals surface area (Å²) in [6.07, 6.45) is 1.71. The number of aromatic nitrogens is 5. The number of ether oxygens (including phenoxy) is 1. The van der Waals surface area contributed by atoms with Gasteiger partial charge in [-0.1, -0.05) is 12.1 Å². The number of anilines is 1. The highest BCUT2D eigenvalue weighted by molar-refractivity contribution is 5.47. The number of hydrogen-bond donors (Lipinski definition) is 1. The predicted molar refractivity (Wildman–Crippen MR) is 77.4 cm³/mol. The van der Waals surface area contributed by atoms with Crippen LogP contribution >= 0.6 is 0 Å². The molecule has 106 valence electrons. The van der Waals surface area contributed by atoms with Gasteiger partial charge in [-0.15, -0.1) is 5.10 Å². The summed E-state index contributed by atoms with van der Waals surface area (Å²) in [5, 5.41) is 11.6. The van der Waals surface area contributed by atoms with Gasteiger partial charge in [0.15, 0.2) is 0 Å². The molecular weight excluding hydrogens is 268 g/mol. The third kappa shape index (κ3) is 3.14. The fourth-order valence-corrected chi connectivity index (χ4v) is 1.89. The van der Waals surface area contributed by atoms with Gasteiger partial charge in [0, 0.05) is 18.0 Å². The van der Waals surface area contributed by atoms with Gasteiger partial charge in [0.2, 0.25) is 5.82 Å². The van der Waals surface area contributed by atoms with Gasteiger partial charge in [0.25, 0.3) is 0 Å². The van der Waals surface area contributed by atoms with Crippen LogP contribution in [0.15, 0.2) is 48.7 Å². The molecule has 0 radical (unpaired) electrons. The molecule has 0 saturated heterocycles. The molecule has 0 aliphatic rings. The Balaban J connectivity index is 1.66. The summed E-state index contributed by atoms with van der Waals surface area (Å²) in [5.74, 6) is 1.34. The van der Waals surface area contributed by atoms with Crippen LogP contribution in [0.5, 0.6) is 5.75 Å². The summed E-state index contributed by atoms with van der Waals surface area (Å²) in [5.41, 5.74) is 7.10. The van der Waals surface area contributed by atoms with Gasteiger partial charge in [-0.05, 0) is 34.7 Å². The van der Waals surface area contributed by atoms with Crippen molar-refractivity contribution in [2.45, 2.75) is 6.54 Å². The Morgan fingerprint density at radius 3 is 2.90 bits per heavy atom. The summed E-state index contributed by atoms with van der Waals surface area (Å²) in [6, 6.07) is 12.9. The number of hydrogen-bond acceptors (Lipinski definition) is 6. The molecule has 0 aliphatic heterocycles. The van der Waals surface area contributed by atoms with E-state index in [0.29, 0.717) is 24.7 Å². The Labute approximate surface area is 121 Å². The van der Waals surface area contributed by atoms with Crippen molar-refractivity contribution in [2.24, 2.45) is 0 Å². The van der Waals surface area contributed by atoms with Crippen molar-refractivity contribution < 1.29 is 4.74 Å². The molecule has 21 heavy (non-hydrogen) atoms. The lowest BCUT2D eigenvalue weighted by molar-refractivity contribution is 0.290. The molecule has 0 spiro atoms. The first kappa shape index (κ1) is 13.0. The van der Waals surface area contributed by atoms with E-state index in [1.165, 1.54) is 0 Å². The Morgan fingerprint density at radius 1 is 1.14 bits per heavy atom. The fourth-order valence-electron chi connectivity index (χ4n) is 1.89. The van der Waals surface area contributed by atoms with E-state index >= 15 is 0 Å². The minimum absolute atomic E-state index is 0.439. The Hall–Kier alpha value is -2.96. The van der Waals surface area contributed by atoms with Crippen molar-refractivity contribution >= 4 is 5.69 Å². The van der Waals surface area contributed by atoms with Crippen LogP contribution in [0.1, 0.15) is 0 Å². The monoisotopic (exact) mass is 282 g/mol. The highest BCUT2D eigenvalue weighted by atomic mass is 16.5. The summed E-state index contributed by atoms with van der Waals surface area (Å²) in [6.45, 7) is 0.960. The first-order valence-electron chi connectivity index (χ1n) is 6.49. The van der Waals surface area contributed by atoms with Gasteiger partial charge in [-0.3, -0.25) is 4.98 Å². The number of benzene rings is 1. The zero-order chi connectivity index (χ0) is 14.5. The Morgan fingerprint density at radius 2 is 2.10 bits per heavy atom. The predicted octanol–water partition coefficient (Wildman–Crippen LogP) is 1.40. The summed E-state index contributed by atoms with van der Waals surface area (Å²) in [4.78, 5) is 4.24. The number of nitrogens with zero attached hydrogens (tertiary/aromatic N) is 5. The largest absolute Gasteiger partial charge is 0.492 e.